The van der Waals surface area contributed by atoms with Crippen LogP contribution in [0.2, 0.25) is 5.02 Å². The molecule has 1 atom stereocenters. The Morgan fingerprint density at radius 1 is 1.32 bits per heavy atom. The smallest absolute Gasteiger partial charge is 0.220 e. The van der Waals surface area contributed by atoms with Gasteiger partial charge in [0.25, 0.3) is 0 Å². The van der Waals surface area contributed by atoms with Gasteiger partial charge in [0.2, 0.25) is 5.91 Å². The SMILES string of the molecule is CC(CC(=O)NCCc1ccc(Cl)cc1)C1CCNCC1.Cl. The van der Waals surface area contributed by atoms with Gasteiger partial charge >= 0.3 is 0 Å². The van der Waals surface area contributed by atoms with E-state index in [1.807, 2.05) is 24.3 Å². The quantitative estimate of drug-likeness (QED) is 0.829. The monoisotopic (exact) mass is 344 g/mol. The maximum Gasteiger partial charge on any atom is 0.220 e. The second kappa shape index (κ2) is 10.1. The highest BCUT2D eigenvalue weighted by Crippen LogP contribution is 2.24. The van der Waals surface area contributed by atoms with Crippen molar-refractivity contribution in [3.8, 4) is 0 Å². The summed E-state index contributed by atoms with van der Waals surface area (Å²) in [5, 5.41) is 7.15. The standard InChI is InChI=1S/C17H25ClN2O.ClH/c1-13(15-7-9-19-10-8-15)12-17(21)20-11-6-14-2-4-16(18)5-3-14;/h2-5,13,15,19H,6-12H2,1H3,(H,20,21);1H. The summed E-state index contributed by atoms with van der Waals surface area (Å²) in [6, 6.07) is 7.79. The van der Waals surface area contributed by atoms with Gasteiger partial charge < -0.3 is 10.6 Å². The van der Waals surface area contributed by atoms with Crippen LogP contribution in [0, 0.1) is 11.8 Å². The molecule has 1 aliphatic heterocycles. The number of carbonyl (C=O) groups is 1. The Bertz CT molecular complexity index is 444. The van der Waals surface area contributed by atoms with Gasteiger partial charge in [-0.2, -0.15) is 0 Å². The molecule has 0 aliphatic carbocycles. The van der Waals surface area contributed by atoms with Crippen molar-refractivity contribution < 1.29 is 4.79 Å². The summed E-state index contributed by atoms with van der Waals surface area (Å²) < 4.78 is 0. The molecule has 22 heavy (non-hydrogen) atoms. The maximum atomic E-state index is 12.0. The number of benzene rings is 1. The summed E-state index contributed by atoms with van der Waals surface area (Å²) in [7, 11) is 0. The molecule has 1 heterocycles. The molecule has 5 heteroatoms. The third kappa shape index (κ3) is 6.55. The van der Waals surface area contributed by atoms with Crippen LogP contribution in [0.3, 0.4) is 0 Å². The van der Waals surface area contributed by atoms with Crippen LogP contribution in [0.25, 0.3) is 0 Å². The van der Waals surface area contributed by atoms with Crippen molar-refractivity contribution in [2.24, 2.45) is 11.8 Å². The molecule has 1 aromatic rings. The van der Waals surface area contributed by atoms with E-state index in [1.54, 1.807) is 0 Å². The summed E-state index contributed by atoms with van der Waals surface area (Å²) in [6.07, 6.45) is 3.88. The highest BCUT2D eigenvalue weighted by molar-refractivity contribution is 6.30. The van der Waals surface area contributed by atoms with Gasteiger partial charge in [-0.1, -0.05) is 30.7 Å². The summed E-state index contributed by atoms with van der Waals surface area (Å²) in [5.41, 5.74) is 1.20. The third-order valence-corrected chi connectivity index (χ3v) is 4.60. The Kier molecular flexibility index (Phi) is 8.84. The van der Waals surface area contributed by atoms with E-state index in [-0.39, 0.29) is 18.3 Å². The Morgan fingerprint density at radius 2 is 1.95 bits per heavy atom. The van der Waals surface area contributed by atoms with Crippen molar-refractivity contribution in [3.05, 3.63) is 34.9 Å². The van der Waals surface area contributed by atoms with Gasteiger partial charge in [0, 0.05) is 18.0 Å². The van der Waals surface area contributed by atoms with Crippen LogP contribution < -0.4 is 10.6 Å². The lowest BCUT2D eigenvalue weighted by molar-refractivity contribution is -0.122. The fourth-order valence-electron chi connectivity index (χ4n) is 2.94. The van der Waals surface area contributed by atoms with Crippen molar-refractivity contribution in [1.29, 1.82) is 0 Å². The molecule has 1 unspecified atom stereocenters. The number of hydrogen-bond donors (Lipinski definition) is 2. The van der Waals surface area contributed by atoms with Crippen LogP contribution in [0.15, 0.2) is 24.3 Å². The van der Waals surface area contributed by atoms with Crippen LogP contribution in [0.5, 0.6) is 0 Å². The van der Waals surface area contributed by atoms with Crippen LogP contribution in [-0.4, -0.2) is 25.5 Å². The molecule has 2 N–H and O–H groups in total. The number of nitrogens with one attached hydrogen (secondary N) is 2. The minimum atomic E-state index is 0. The van der Waals surface area contributed by atoms with Crippen molar-refractivity contribution in [1.82, 2.24) is 10.6 Å². The first-order valence-electron chi connectivity index (χ1n) is 7.87. The zero-order valence-corrected chi connectivity index (χ0v) is 14.7. The highest BCUT2D eigenvalue weighted by Gasteiger charge is 2.21. The molecule has 0 spiro atoms. The normalized spacial score (nSPS) is 16.6. The lowest BCUT2D eigenvalue weighted by atomic mass is 9.84. The molecule has 0 radical (unpaired) electrons. The molecular formula is C17H26Cl2N2O. The Balaban J connectivity index is 0.00000242. The molecule has 3 nitrogen and oxygen atoms in total. The molecule has 124 valence electrons. The van der Waals surface area contributed by atoms with Gasteiger partial charge in [0.15, 0.2) is 0 Å². The molecule has 1 amide bonds. The molecule has 1 aromatic carbocycles. The van der Waals surface area contributed by atoms with Gasteiger partial charge in [-0.3, -0.25) is 4.79 Å². The first kappa shape index (κ1) is 19.3. The summed E-state index contributed by atoms with van der Waals surface area (Å²) in [5.74, 6) is 1.34. The van der Waals surface area contributed by atoms with E-state index in [9.17, 15) is 4.79 Å². The molecule has 0 bridgehead atoms. The average molecular weight is 345 g/mol. The minimum absolute atomic E-state index is 0. The van der Waals surface area contributed by atoms with Crippen LogP contribution >= 0.6 is 24.0 Å². The molecular weight excluding hydrogens is 319 g/mol. The van der Waals surface area contributed by atoms with E-state index < -0.39 is 0 Å². The zero-order chi connectivity index (χ0) is 15.1. The topological polar surface area (TPSA) is 41.1 Å². The van der Waals surface area contributed by atoms with Gasteiger partial charge in [-0.15, -0.1) is 12.4 Å². The molecule has 0 saturated carbocycles. The fourth-order valence-corrected chi connectivity index (χ4v) is 3.07. The Hall–Kier alpha value is -0.770. The summed E-state index contributed by atoms with van der Waals surface area (Å²) in [4.78, 5) is 12.0. The second-order valence-corrected chi connectivity index (χ2v) is 6.43. The van der Waals surface area contributed by atoms with E-state index in [1.165, 1.54) is 18.4 Å². The number of hydrogen-bond acceptors (Lipinski definition) is 2. The Labute approximate surface area is 144 Å². The maximum absolute atomic E-state index is 12.0. The van der Waals surface area contributed by atoms with Gasteiger partial charge in [-0.25, -0.2) is 0 Å². The van der Waals surface area contributed by atoms with Gasteiger partial charge in [0.05, 0.1) is 0 Å². The van der Waals surface area contributed by atoms with E-state index in [2.05, 4.69) is 17.6 Å². The third-order valence-electron chi connectivity index (χ3n) is 4.35. The van der Waals surface area contributed by atoms with Crippen molar-refractivity contribution >= 4 is 29.9 Å². The summed E-state index contributed by atoms with van der Waals surface area (Å²) >= 11 is 5.85. The van der Waals surface area contributed by atoms with Crippen LogP contribution in [-0.2, 0) is 11.2 Å². The highest BCUT2D eigenvalue weighted by atomic mass is 35.5. The van der Waals surface area contributed by atoms with E-state index in [0.29, 0.717) is 24.8 Å². The fraction of sp³-hybridized carbons (Fsp3) is 0.588. The van der Waals surface area contributed by atoms with E-state index in [0.717, 1.165) is 24.5 Å². The number of halogens is 2. The largest absolute Gasteiger partial charge is 0.356 e. The molecule has 1 saturated heterocycles. The number of piperidine rings is 1. The van der Waals surface area contributed by atoms with E-state index in [4.69, 9.17) is 11.6 Å². The lowest BCUT2D eigenvalue weighted by Gasteiger charge is -2.27. The minimum Gasteiger partial charge on any atom is -0.356 e. The van der Waals surface area contributed by atoms with Crippen molar-refractivity contribution in [2.75, 3.05) is 19.6 Å². The van der Waals surface area contributed by atoms with Crippen molar-refractivity contribution in [3.63, 3.8) is 0 Å². The number of amides is 1. The van der Waals surface area contributed by atoms with Gasteiger partial charge in [-0.05, 0) is 61.9 Å². The number of rotatable bonds is 6. The average Bonchev–Trinajstić information content (AvgIpc) is 2.50. The van der Waals surface area contributed by atoms with E-state index >= 15 is 0 Å². The lowest BCUT2D eigenvalue weighted by Crippen LogP contribution is -2.34. The van der Waals surface area contributed by atoms with Gasteiger partial charge in [0.1, 0.15) is 0 Å². The molecule has 1 aliphatic rings. The zero-order valence-electron chi connectivity index (χ0n) is 13.1. The Morgan fingerprint density at radius 3 is 2.59 bits per heavy atom. The second-order valence-electron chi connectivity index (χ2n) is 6.00. The predicted octanol–water partition coefficient (Wildman–Crippen LogP) is 3.45. The summed E-state index contributed by atoms with van der Waals surface area (Å²) in [6.45, 7) is 5.08. The van der Waals surface area contributed by atoms with Crippen LogP contribution in [0.1, 0.15) is 31.7 Å². The van der Waals surface area contributed by atoms with Crippen LogP contribution in [0.4, 0.5) is 0 Å². The first-order chi connectivity index (χ1) is 10.1. The molecule has 2 rings (SSSR count). The molecule has 1 fully saturated rings. The molecule has 0 aromatic heterocycles. The predicted molar refractivity (Wildman–Crippen MR) is 94.8 cm³/mol. The number of carbonyl (C=O) groups excluding carboxylic acids is 1. The first-order valence-corrected chi connectivity index (χ1v) is 8.25. The van der Waals surface area contributed by atoms with Crippen molar-refractivity contribution in [2.45, 2.75) is 32.6 Å².